The van der Waals surface area contributed by atoms with E-state index in [1.54, 1.807) is 11.0 Å². The molecule has 0 unspecified atom stereocenters. The van der Waals surface area contributed by atoms with E-state index in [9.17, 15) is 18.8 Å². The Labute approximate surface area is 149 Å². The van der Waals surface area contributed by atoms with Gasteiger partial charge < -0.3 is 10.2 Å². The number of rotatable bonds is 4. The maximum absolute atomic E-state index is 13.4. The number of aryl methyl sites for hydroxylation is 1. The van der Waals surface area contributed by atoms with Crippen molar-refractivity contribution in [3.63, 3.8) is 0 Å². The molecule has 2 heterocycles. The van der Waals surface area contributed by atoms with Gasteiger partial charge in [-0.15, -0.1) is 0 Å². The fourth-order valence-corrected chi connectivity index (χ4v) is 3.40. The third-order valence-electron chi connectivity index (χ3n) is 4.67. The predicted octanol–water partition coefficient (Wildman–Crippen LogP) is 1.95. The molecule has 0 atom stereocenters. The molecular formula is C17H19ClFN3O3. The highest BCUT2D eigenvalue weighted by atomic mass is 35.5. The van der Waals surface area contributed by atoms with Crippen LogP contribution in [0.1, 0.15) is 24.8 Å². The Morgan fingerprint density at radius 2 is 2.00 bits per heavy atom. The Morgan fingerprint density at radius 1 is 1.28 bits per heavy atom. The minimum Gasteiger partial charge on any atom is -0.343 e. The lowest BCUT2D eigenvalue weighted by Crippen LogP contribution is -2.49. The molecule has 2 aliphatic heterocycles. The second-order valence-electron chi connectivity index (χ2n) is 6.28. The van der Waals surface area contributed by atoms with Crippen LogP contribution in [0.3, 0.4) is 0 Å². The Kier molecular flexibility index (Phi) is 5.22. The lowest BCUT2D eigenvalue weighted by atomic mass is 10.0. The van der Waals surface area contributed by atoms with Gasteiger partial charge in [0.15, 0.2) is 0 Å². The number of hydrogen-bond donors (Lipinski definition) is 1. The van der Waals surface area contributed by atoms with Gasteiger partial charge in [0.2, 0.25) is 11.8 Å². The van der Waals surface area contributed by atoms with Gasteiger partial charge in [0.05, 0.1) is 11.6 Å². The summed E-state index contributed by atoms with van der Waals surface area (Å²) in [6.45, 7) is 1.07. The minimum atomic E-state index is -0.485. The fraction of sp³-hybridized carbons (Fsp3) is 0.471. The lowest BCUT2D eigenvalue weighted by Gasteiger charge is -2.35. The Balaban J connectivity index is 1.49. The zero-order valence-electron chi connectivity index (χ0n) is 13.6. The summed E-state index contributed by atoms with van der Waals surface area (Å²) in [5.74, 6) is -0.702. The van der Waals surface area contributed by atoms with E-state index in [4.69, 9.17) is 11.6 Å². The van der Waals surface area contributed by atoms with Crippen LogP contribution in [-0.2, 0) is 16.0 Å². The number of likely N-dealkylation sites (tertiary alicyclic amines) is 1. The molecule has 0 aliphatic carbocycles. The predicted molar refractivity (Wildman–Crippen MR) is 89.6 cm³/mol. The third-order valence-corrected chi connectivity index (χ3v) is 4.98. The van der Waals surface area contributed by atoms with Crippen molar-refractivity contribution in [2.24, 2.45) is 0 Å². The average Bonchev–Trinajstić information content (AvgIpc) is 2.94. The molecule has 0 spiro atoms. The number of carbonyl (C=O) groups excluding carboxylic acids is 3. The van der Waals surface area contributed by atoms with Crippen LogP contribution in [-0.4, -0.2) is 53.3 Å². The first-order valence-corrected chi connectivity index (χ1v) is 8.65. The Morgan fingerprint density at radius 3 is 2.60 bits per heavy atom. The molecule has 1 N–H and O–H groups in total. The van der Waals surface area contributed by atoms with E-state index in [-0.39, 0.29) is 41.9 Å². The second-order valence-corrected chi connectivity index (χ2v) is 6.69. The fourth-order valence-electron chi connectivity index (χ4n) is 3.28. The van der Waals surface area contributed by atoms with Crippen molar-refractivity contribution in [2.45, 2.75) is 31.7 Å². The highest BCUT2D eigenvalue weighted by Gasteiger charge is 2.37. The zero-order valence-corrected chi connectivity index (χ0v) is 14.4. The number of halogens is 2. The van der Waals surface area contributed by atoms with Crippen LogP contribution in [0.2, 0.25) is 5.02 Å². The maximum atomic E-state index is 13.4. The molecule has 4 amide bonds. The number of imide groups is 1. The third kappa shape index (κ3) is 3.92. The number of nitrogens with zero attached hydrogens (tertiary/aromatic N) is 2. The first-order valence-electron chi connectivity index (χ1n) is 8.27. The van der Waals surface area contributed by atoms with Gasteiger partial charge in [-0.05, 0) is 37.0 Å². The molecule has 2 saturated heterocycles. The molecule has 0 aromatic heterocycles. The zero-order chi connectivity index (χ0) is 18.0. The molecule has 0 radical (unpaired) electrons. The van der Waals surface area contributed by atoms with E-state index in [0.717, 1.165) is 5.56 Å². The minimum absolute atomic E-state index is 0.00833. The molecule has 1 aromatic carbocycles. The van der Waals surface area contributed by atoms with Crippen LogP contribution >= 0.6 is 11.6 Å². The Hall–Kier alpha value is -2.15. The lowest BCUT2D eigenvalue weighted by molar-refractivity contribution is -0.133. The van der Waals surface area contributed by atoms with Crippen molar-refractivity contribution in [1.82, 2.24) is 15.1 Å². The number of carbonyl (C=O) groups is 3. The van der Waals surface area contributed by atoms with Gasteiger partial charge in [-0.1, -0.05) is 17.7 Å². The van der Waals surface area contributed by atoms with E-state index in [1.165, 1.54) is 17.0 Å². The van der Waals surface area contributed by atoms with E-state index < -0.39 is 5.82 Å². The van der Waals surface area contributed by atoms with E-state index in [0.29, 0.717) is 32.4 Å². The molecule has 134 valence electrons. The molecule has 0 bridgehead atoms. The molecule has 2 fully saturated rings. The maximum Gasteiger partial charge on any atom is 0.324 e. The Bertz CT molecular complexity index is 688. The smallest absolute Gasteiger partial charge is 0.324 e. The van der Waals surface area contributed by atoms with Crippen LogP contribution in [0.25, 0.3) is 0 Å². The summed E-state index contributed by atoms with van der Waals surface area (Å²) in [7, 11) is 0. The summed E-state index contributed by atoms with van der Waals surface area (Å²) in [5, 5.41) is 2.58. The van der Waals surface area contributed by atoms with E-state index >= 15 is 0 Å². The summed E-state index contributed by atoms with van der Waals surface area (Å²) in [6, 6.07) is 4.05. The highest BCUT2D eigenvalue weighted by molar-refractivity contribution is 6.30. The van der Waals surface area contributed by atoms with Crippen LogP contribution in [0.4, 0.5) is 9.18 Å². The SMILES string of the molecule is O=C(CCc1ccc(Cl)c(F)c1)N1CCC(N2C(=O)CNC2=O)CC1. The topological polar surface area (TPSA) is 69.7 Å². The van der Waals surface area contributed by atoms with Gasteiger partial charge in [0.25, 0.3) is 0 Å². The summed E-state index contributed by atoms with van der Waals surface area (Å²) < 4.78 is 13.4. The van der Waals surface area contributed by atoms with Crippen molar-refractivity contribution < 1.29 is 18.8 Å². The van der Waals surface area contributed by atoms with Crippen molar-refractivity contribution in [3.8, 4) is 0 Å². The first-order chi connectivity index (χ1) is 12.0. The van der Waals surface area contributed by atoms with Gasteiger partial charge in [0.1, 0.15) is 5.82 Å². The molecule has 0 saturated carbocycles. The van der Waals surface area contributed by atoms with Gasteiger partial charge in [-0.2, -0.15) is 0 Å². The number of amides is 4. The van der Waals surface area contributed by atoms with Gasteiger partial charge in [0, 0.05) is 25.6 Å². The van der Waals surface area contributed by atoms with Crippen molar-refractivity contribution >= 4 is 29.4 Å². The number of nitrogens with one attached hydrogen (secondary N) is 1. The van der Waals surface area contributed by atoms with Crippen molar-refractivity contribution in [2.75, 3.05) is 19.6 Å². The standard InChI is InChI=1S/C17H19ClFN3O3/c18-13-3-1-11(9-14(13)19)2-4-15(23)21-7-5-12(6-8-21)22-16(24)10-20-17(22)25/h1,3,9,12H,2,4-8,10H2,(H,20,25). The summed E-state index contributed by atoms with van der Waals surface area (Å²) in [4.78, 5) is 38.8. The molecule has 1 aromatic rings. The largest absolute Gasteiger partial charge is 0.343 e. The van der Waals surface area contributed by atoms with E-state index in [1.807, 2.05) is 0 Å². The second kappa shape index (κ2) is 7.39. The number of hydrogen-bond acceptors (Lipinski definition) is 3. The molecule has 6 nitrogen and oxygen atoms in total. The van der Waals surface area contributed by atoms with Crippen LogP contribution in [0.5, 0.6) is 0 Å². The van der Waals surface area contributed by atoms with Gasteiger partial charge in [-0.25, -0.2) is 9.18 Å². The molecule has 25 heavy (non-hydrogen) atoms. The van der Waals surface area contributed by atoms with Gasteiger partial charge in [-0.3, -0.25) is 14.5 Å². The van der Waals surface area contributed by atoms with Gasteiger partial charge >= 0.3 is 6.03 Å². The van der Waals surface area contributed by atoms with Crippen molar-refractivity contribution in [3.05, 3.63) is 34.6 Å². The number of urea groups is 1. The molecule has 3 rings (SSSR count). The van der Waals surface area contributed by atoms with E-state index in [2.05, 4.69) is 5.32 Å². The van der Waals surface area contributed by atoms with Crippen LogP contribution in [0.15, 0.2) is 18.2 Å². The monoisotopic (exact) mass is 367 g/mol. The molecular weight excluding hydrogens is 349 g/mol. The summed E-state index contributed by atoms with van der Waals surface area (Å²) >= 11 is 5.65. The molecule has 2 aliphatic rings. The van der Waals surface area contributed by atoms with Crippen LogP contribution < -0.4 is 5.32 Å². The van der Waals surface area contributed by atoms with Crippen molar-refractivity contribution in [1.29, 1.82) is 0 Å². The number of benzene rings is 1. The average molecular weight is 368 g/mol. The van der Waals surface area contributed by atoms with Crippen LogP contribution in [0, 0.1) is 5.82 Å². The first kappa shape index (κ1) is 17.7. The summed E-state index contributed by atoms with van der Waals surface area (Å²) in [6.07, 6.45) is 1.90. The number of piperidine rings is 1. The normalized spacial score (nSPS) is 18.6. The quantitative estimate of drug-likeness (QED) is 0.827. The highest BCUT2D eigenvalue weighted by Crippen LogP contribution is 2.21. The summed E-state index contributed by atoms with van der Waals surface area (Å²) in [5.41, 5.74) is 0.726. The molecule has 8 heteroatoms.